The van der Waals surface area contributed by atoms with E-state index in [0.717, 1.165) is 17.5 Å². The second-order valence-corrected chi connectivity index (χ2v) is 12.5. The van der Waals surface area contributed by atoms with Crippen molar-refractivity contribution in [3.05, 3.63) is 71.8 Å². The van der Waals surface area contributed by atoms with Gasteiger partial charge in [-0.15, -0.1) is 0 Å². The van der Waals surface area contributed by atoms with E-state index in [1.807, 2.05) is 109 Å². The van der Waals surface area contributed by atoms with E-state index < -0.39 is 35.9 Å². The number of hydrogen-bond donors (Lipinski definition) is 0. The van der Waals surface area contributed by atoms with Gasteiger partial charge in [0.15, 0.2) is 6.10 Å². The molecule has 0 aromatic heterocycles. The Morgan fingerprint density at radius 2 is 1.44 bits per heavy atom. The molecule has 0 radical (unpaired) electrons. The first kappa shape index (κ1) is 29.2. The SMILES string of the molecule is CC(C)(C)OC(=O)N1C(CCCCB2OC(C)(C)C(C)(C)O2)C(=O)OC(c2ccccc2)C1c1ccccc1. The summed E-state index contributed by atoms with van der Waals surface area (Å²) in [6.45, 7) is 13.7. The Kier molecular flexibility index (Phi) is 8.48. The van der Waals surface area contributed by atoms with Crippen LogP contribution in [-0.2, 0) is 23.6 Å². The normalized spacial score (nSPS) is 24.4. The molecule has 4 rings (SSSR count). The highest BCUT2D eigenvalue weighted by atomic mass is 16.7. The first-order valence-corrected chi connectivity index (χ1v) is 14.0. The number of morpholine rings is 1. The van der Waals surface area contributed by atoms with Gasteiger partial charge in [0.25, 0.3) is 0 Å². The molecule has 2 aliphatic heterocycles. The second kappa shape index (κ2) is 11.3. The fourth-order valence-electron chi connectivity index (χ4n) is 5.14. The molecule has 0 N–H and O–H groups in total. The molecule has 210 valence electrons. The van der Waals surface area contributed by atoms with Crippen LogP contribution < -0.4 is 0 Å². The molecule has 1 amide bonds. The Bertz CT molecular complexity index is 1110. The zero-order chi connectivity index (χ0) is 28.4. The number of amides is 1. The fourth-order valence-corrected chi connectivity index (χ4v) is 5.14. The molecule has 0 bridgehead atoms. The lowest BCUT2D eigenvalue weighted by Gasteiger charge is -2.45. The number of ether oxygens (including phenoxy) is 2. The number of carbonyl (C=O) groups excluding carboxylic acids is 2. The number of benzene rings is 2. The maximum absolute atomic E-state index is 13.8. The number of carbonyl (C=O) groups is 2. The number of nitrogens with zero attached hydrogens (tertiary/aromatic N) is 1. The molecule has 2 saturated heterocycles. The summed E-state index contributed by atoms with van der Waals surface area (Å²) < 4.78 is 24.2. The highest BCUT2D eigenvalue weighted by molar-refractivity contribution is 6.45. The summed E-state index contributed by atoms with van der Waals surface area (Å²) in [6.07, 6.45) is 1.44. The van der Waals surface area contributed by atoms with Gasteiger partial charge in [-0.2, -0.15) is 0 Å². The number of rotatable bonds is 7. The van der Waals surface area contributed by atoms with Crippen molar-refractivity contribution in [2.45, 2.75) is 109 Å². The highest BCUT2D eigenvalue weighted by Gasteiger charge is 2.51. The maximum atomic E-state index is 13.8. The first-order valence-electron chi connectivity index (χ1n) is 14.0. The highest BCUT2D eigenvalue weighted by Crippen LogP contribution is 2.44. The van der Waals surface area contributed by atoms with E-state index in [1.165, 1.54) is 0 Å². The fraction of sp³-hybridized carbons (Fsp3) is 0.548. The maximum Gasteiger partial charge on any atom is 0.457 e. The molecule has 2 heterocycles. The Hall–Kier alpha value is -2.84. The van der Waals surface area contributed by atoms with Gasteiger partial charge in [0.05, 0.1) is 11.2 Å². The predicted molar refractivity (Wildman–Crippen MR) is 151 cm³/mol. The lowest BCUT2D eigenvalue weighted by atomic mass is 9.81. The molecule has 39 heavy (non-hydrogen) atoms. The number of cyclic esters (lactones) is 1. The van der Waals surface area contributed by atoms with Gasteiger partial charge in [-0.3, -0.25) is 4.90 Å². The van der Waals surface area contributed by atoms with Crippen molar-refractivity contribution in [1.82, 2.24) is 4.90 Å². The van der Waals surface area contributed by atoms with Crippen LogP contribution in [0.2, 0.25) is 6.32 Å². The van der Waals surface area contributed by atoms with Crippen molar-refractivity contribution in [3.63, 3.8) is 0 Å². The summed E-state index contributed by atoms with van der Waals surface area (Å²) in [5.41, 5.74) is 0.226. The van der Waals surface area contributed by atoms with E-state index in [0.29, 0.717) is 19.2 Å². The zero-order valence-corrected chi connectivity index (χ0v) is 24.3. The van der Waals surface area contributed by atoms with E-state index in [1.54, 1.807) is 4.90 Å². The van der Waals surface area contributed by atoms with Crippen molar-refractivity contribution in [2.75, 3.05) is 0 Å². The average Bonchev–Trinajstić information content (AvgIpc) is 3.07. The lowest BCUT2D eigenvalue weighted by Crippen LogP contribution is -2.55. The van der Waals surface area contributed by atoms with Gasteiger partial charge in [0, 0.05) is 0 Å². The van der Waals surface area contributed by atoms with Crippen LogP contribution >= 0.6 is 0 Å². The van der Waals surface area contributed by atoms with Crippen LogP contribution in [0.1, 0.15) is 91.0 Å². The van der Waals surface area contributed by atoms with Crippen molar-refractivity contribution in [2.24, 2.45) is 0 Å². The summed E-state index contributed by atoms with van der Waals surface area (Å²) >= 11 is 0. The summed E-state index contributed by atoms with van der Waals surface area (Å²) in [5.74, 6) is -0.419. The van der Waals surface area contributed by atoms with Gasteiger partial charge in [-0.05, 0) is 72.3 Å². The van der Waals surface area contributed by atoms with Crippen LogP contribution in [0, 0.1) is 0 Å². The first-order chi connectivity index (χ1) is 18.3. The van der Waals surface area contributed by atoms with Gasteiger partial charge in [0.2, 0.25) is 0 Å². The monoisotopic (exact) mass is 535 g/mol. The Labute approximate surface area is 233 Å². The molecule has 0 saturated carbocycles. The van der Waals surface area contributed by atoms with Crippen molar-refractivity contribution in [3.8, 4) is 0 Å². The molecule has 2 aliphatic rings. The lowest BCUT2D eigenvalue weighted by molar-refractivity contribution is -0.174. The van der Waals surface area contributed by atoms with Crippen LogP contribution in [-0.4, -0.2) is 46.9 Å². The van der Waals surface area contributed by atoms with Gasteiger partial charge in [-0.25, -0.2) is 9.59 Å². The third kappa shape index (κ3) is 6.67. The van der Waals surface area contributed by atoms with E-state index in [-0.39, 0.29) is 18.3 Å². The molecule has 3 atom stereocenters. The van der Waals surface area contributed by atoms with E-state index in [9.17, 15) is 9.59 Å². The third-order valence-corrected chi connectivity index (χ3v) is 7.78. The summed E-state index contributed by atoms with van der Waals surface area (Å²) in [6, 6.07) is 18.0. The van der Waals surface area contributed by atoms with Crippen molar-refractivity contribution < 1.29 is 28.4 Å². The standard InChI is InChI=1S/C31H42BNO6/c1-29(2,3)37-28(35)33-24(20-14-15-21-32-38-30(4,5)31(6,7)39-32)27(34)36-26(23-18-12-9-13-19-23)25(33)22-16-10-8-11-17-22/h8-13,16-19,24-26H,14-15,20-21H2,1-7H3. The van der Waals surface area contributed by atoms with Crippen LogP contribution in [0.3, 0.4) is 0 Å². The van der Waals surface area contributed by atoms with Crippen molar-refractivity contribution >= 4 is 19.2 Å². The topological polar surface area (TPSA) is 74.3 Å². The second-order valence-electron chi connectivity index (χ2n) is 12.5. The Morgan fingerprint density at radius 1 is 0.897 bits per heavy atom. The molecule has 3 unspecified atom stereocenters. The molecule has 2 fully saturated rings. The molecule has 2 aromatic carbocycles. The molecular weight excluding hydrogens is 493 g/mol. The Morgan fingerprint density at radius 3 is 1.97 bits per heavy atom. The summed E-state index contributed by atoms with van der Waals surface area (Å²) in [5, 5.41) is 0. The van der Waals surface area contributed by atoms with E-state index in [4.69, 9.17) is 18.8 Å². The van der Waals surface area contributed by atoms with E-state index in [2.05, 4.69) is 0 Å². The number of esters is 1. The molecule has 8 heteroatoms. The van der Waals surface area contributed by atoms with Crippen LogP contribution in [0.25, 0.3) is 0 Å². The largest absolute Gasteiger partial charge is 0.457 e. The minimum absolute atomic E-state index is 0.296. The minimum Gasteiger partial charge on any atom is -0.453 e. The molecule has 2 aromatic rings. The number of hydrogen-bond acceptors (Lipinski definition) is 6. The summed E-state index contributed by atoms with van der Waals surface area (Å²) in [7, 11) is -0.296. The van der Waals surface area contributed by atoms with Gasteiger partial charge in [-0.1, -0.05) is 73.5 Å². The minimum atomic E-state index is -0.775. The quantitative estimate of drug-likeness (QED) is 0.218. The average molecular weight is 535 g/mol. The van der Waals surface area contributed by atoms with E-state index >= 15 is 0 Å². The van der Waals surface area contributed by atoms with Crippen LogP contribution in [0.4, 0.5) is 4.79 Å². The zero-order valence-electron chi connectivity index (χ0n) is 24.3. The van der Waals surface area contributed by atoms with Gasteiger partial charge >= 0.3 is 19.2 Å². The van der Waals surface area contributed by atoms with Crippen molar-refractivity contribution in [1.29, 1.82) is 0 Å². The smallest absolute Gasteiger partial charge is 0.453 e. The molecule has 7 nitrogen and oxygen atoms in total. The number of unbranched alkanes of at least 4 members (excludes halogenated alkanes) is 1. The van der Waals surface area contributed by atoms with Crippen LogP contribution in [0.15, 0.2) is 60.7 Å². The van der Waals surface area contributed by atoms with Gasteiger partial charge < -0.3 is 18.8 Å². The molecular formula is C31H42BNO6. The molecule has 0 aliphatic carbocycles. The third-order valence-electron chi connectivity index (χ3n) is 7.78. The predicted octanol–water partition coefficient (Wildman–Crippen LogP) is 6.89. The summed E-state index contributed by atoms with van der Waals surface area (Å²) in [4.78, 5) is 28.9. The molecule has 0 spiro atoms. The van der Waals surface area contributed by atoms with Gasteiger partial charge in [0.1, 0.15) is 17.7 Å². The Balaban J connectivity index is 1.58. The van der Waals surface area contributed by atoms with Crippen LogP contribution in [0.5, 0.6) is 0 Å².